The van der Waals surface area contributed by atoms with Crippen molar-refractivity contribution in [3.8, 4) is 44.6 Å². The van der Waals surface area contributed by atoms with Crippen LogP contribution in [0.5, 0.6) is 0 Å². The second kappa shape index (κ2) is 13.0. The standard InChI is InChI=1S/C50H34N2S2/c1-4-15-31(16-5-1)35-27-36(32-17-6-2-7-18-32)29-37(28-35)42-30-34-21-10-11-22-38(34)44-40-24-14-25-41(47(40)54-48(42)44)49-51-46(33-19-8-3-9-20-33)45-39-23-12-13-26-43(39)53-50(45)52-49/h1-11,13-24,27-30,39,41,43H,25-26H2. The van der Waals surface area contributed by atoms with Gasteiger partial charge in [-0.1, -0.05) is 127 Å². The summed E-state index contributed by atoms with van der Waals surface area (Å²) < 4.78 is 1.32. The van der Waals surface area contributed by atoms with Gasteiger partial charge in [-0.15, -0.1) is 28.8 Å². The largest absolute Gasteiger partial charge is 0.232 e. The van der Waals surface area contributed by atoms with Gasteiger partial charge in [-0.2, -0.15) is 0 Å². The van der Waals surface area contributed by atoms with Gasteiger partial charge in [-0.3, -0.25) is 0 Å². The number of aromatic nitrogens is 2. The highest BCUT2D eigenvalue weighted by Gasteiger charge is 2.38. The molecule has 0 saturated heterocycles. The number of rotatable bonds is 5. The molecule has 3 unspecified atom stereocenters. The minimum Gasteiger partial charge on any atom is -0.232 e. The van der Waals surface area contributed by atoms with Crippen LogP contribution < -0.4 is 0 Å². The molecule has 0 saturated carbocycles. The summed E-state index contributed by atoms with van der Waals surface area (Å²) in [5.41, 5.74) is 15.6. The first-order chi connectivity index (χ1) is 26.8. The van der Waals surface area contributed by atoms with Gasteiger partial charge >= 0.3 is 0 Å². The molecule has 3 aliphatic rings. The van der Waals surface area contributed by atoms with Crippen LogP contribution in [0.4, 0.5) is 0 Å². The van der Waals surface area contributed by atoms with Crippen LogP contribution in [0.1, 0.15) is 46.5 Å². The number of allylic oxidation sites excluding steroid dienone is 2. The molecule has 6 aromatic carbocycles. The van der Waals surface area contributed by atoms with Crippen molar-refractivity contribution in [2.75, 3.05) is 0 Å². The normalized spacial score (nSPS) is 18.2. The highest BCUT2D eigenvalue weighted by molar-refractivity contribution is 8.00. The molecule has 2 aromatic heterocycles. The number of benzene rings is 6. The quantitative estimate of drug-likeness (QED) is 0.130. The Morgan fingerprint density at radius 1 is 0.630 bits per heavy atom. The molecular formula is C50H34N2S2. The lowest BCUT2D eigenvalue weighted by molar-refractivity contribution is 0.720. The van der Waals surface area contributed by atoms with E-state index in [1.165, 1.54) is 70.2 Å². The molecule has 0 N–H and O–H groups in total. The third kappa shape index (κ3) is 5.25. The number of thiophene rings is 1. The Bertz CT molecular complexity index is 2790. The van der Waals surface area contributed by atoms with Gasteiger partial charge in [0, 0.05) is 42.8 Å². The summed E-state index contributed by atoms with van der Waals surface area (Å²) >= 11 is 3.86. The fourth-order valence-corrected chi connectivity index (χ4v) is 11.4. The van der Waals surface area contributed by atoms with Crippen molar-refractivity contribution in [1.82, 2.24) is 9.97 Å². The molecule has 3 heterocycles. The van der Waals surface area contributed by atoms with E-state index >= 15 is 0 Å². The lowest BCUT2D eigenvalue weighted by atomic mass is 9.87. The van der Waals surface area contributed by atoms with Crippen LogP contribution in [0.25, 0.3) is 71.6 Å². The monoisotopic (exact) mass is 726 g/mol. The van der Waals surface area contributed by atoms with Gasteiger partial charge in [-0.25, -0.2) is 9.97 Å². The predicted octanol–water partition coefficient (Wildman–Crippen LogP) is 13.7. The Kier molecular flexibility index (Phi) is 7.62. The topological polar surface area (TPSA) is 25.8 Å². The van der Waals surface area contributed by atoms with E-state index in [9.17, 15) is 0 Å². The fourth-order valence-electron chi connectivity index (χ4n) is 8.63. The lowest BCUT2D eigenvalue weighted by Gasteiger charge is -2.21. The summed E-state index contributed by atoms with van der Waals surface area (Å²) in [7, 11) is 0. The van der Waals surface area contributed by atoms with Gasteiger partial charge in [0.25, 0.3) is 0 Å². The second-order valence-corrected chi connectivity index (χ2v) is 16.7. The summed E-state index contributed by atoms with van der Waals surface area (Å²) in [6.45, 7) is 0. The molecule has 0 radical (unpaired) electrons. The van der Waals surface area contributed by atoms with Crippen LogP contribution in [-0.4, -0.2) is 15.2 Å². The maximum Gasteiger partial charge on any atom is 0.138 e. The van der Waals surface area contributed by atoms with E-state index < -0.39 is 0 Å². The molecule has 0 spiro atoms. The van der Waals surface area contributed by atoms with Crippen molar-refractivity contribution >= 4 is 50.0 Å². The summed E-state index contributed by atoms with van der Waals surface area (Å²) in [6.07, 6.45) is 11.0. The minimum atomic E-state index is 0.0641. The molecule has 0 fully saturated rings. The van der Waals surface area contributed by atoms with Crippen LogP contribution >= 0.6 is 23.1 Å². The van der Waals surface area contributed by atoms with Gasteiger partial charge in [0.1, 0.15) is 10.9 Å². The second-order valence-electron chi connectivity index (χ2n) is 14.4. The molecule has 0 amide bonds. The van der Waals surface area contributed by atoms with E-state index in [0.29, 0.717) is 5.25 Å². The van der Waals surface area contributed by atoms with Crippen LogP contribution in [0, 0.1) is 0 Å². The number of nitrogens with zero attached hydrogens (tertiary/aromatic N) is 2. The maximum absolute atomic E-state index is 5.52. The van der Waals surface area contributed by atoms with Crippen LogP contribution in [0.2, 0.25) is 0 Å². The average molecular weight is 727 g/mol. The third-order valence-corrected chi connectivity index (χ3v) is 13.9. The predicted molar refractivity (Wildman–Crippen MR) is 228 cm³/mol. The molecule has 54 heavy (non-hydrogen) atoms. The first kappa shape index (κ1) is 31.7. The molecule has 1 aliphatic heterocycles. The first-order valence-corrected chi connectivity index (χ1v) is 20.4. The lowest BCUT2D eigenvalue weighted by Crippen LogP contribution is -2.12. The molecule has 256 valence electrons. The third-order valence-electron chi connectivity index (χ3n) is 11.2. The molecule has 8 aromatic rings. The summed E-state index contributed by atoms with van der Waals surface area (Å²) in [6, 6.07) is 50.7. The van der Waals surface area contributed by atoms with E-state index in [4.69, 9.17) is 9.97 Å². The zero-order valence-corrected chi connectivity index (χ0v) is 31.1. The van der Waals surface area contributed by atoms with Crippen LogP contribution in [0.15, 0.2) is 169 Å². The maximum atomic E-state index is 5.52. The summed E-state index contributed by atoms with van der Waals surface area (Å²) in [5, 5.41) is 5.46. The van der Waals surface area contributed by atoms with E-state index in [-0.39, 0.29) is 11.8 Å². The SMILES string of the molecule is C1=CCC2Sc3nc(C4CC=Cc5c4sc4c(-c6cc(-c7ccccc7)cc(-c7ccccc7)c6)cc6ccccc6c54)nc(-c4ccccc4)c3C2C=1. The molecule has 2 aliphatic carbocycles. The van der Waals surface area contributed by atoms with Crippen molar-refractivity contribution in [2.24, 2.45) is 0 Å². The Morgan fingerprint density at radius 2 is 1.30 bits per heavy atom. The number of thioether (sulfide) groups is 1. The molecule has 3 atom stereocenters. The van der Waals surface area contributed by atoms with Gasteiger partial charge in [0.2, 0.25) is 0 Å². The van der Waals surface area contributed by atoms with Gasteiger partial charge in [-0.05, 0) is 93.4 Å². The Morgan fingerprint density at radius 3 is 2.04 bits per heavy atom. The first-order valence-electron chi connectivity index (χ1n) is 18.7. The molecular weight excluding hydrogens is 693 g/mol. The van der Waals surface area contributed by atoms with E-state index in [1.807, 2.05) is 23.1 Å². The Balaban J connectivity index is 1.13. The smallest absolute Gasteiger partial charge is 0.138 e. The van der Waals surface area contributed by atoms with Gasteiger partial charge in [0.05, 0.1) is 11.6 Å². The summed E-state index contributed by atoms with van der Waals surface area (Å²) in [4.78, 5) is 12.3. The highest BCUT2D eigenvalue weighted by atomic mass is 32.2. The molecule has 2 nitrogen and oxygen atoms in total. The number of hydrogen-bond acceptors (Lipinski definition) is 4. The van der Waals surface area contributed by atoms with Crippen molar-refractivity contribution in [3.63, 3.8) is 0 Å². The van der Waals surface area contributed by atoms with Crippen molar-refractivity contribution in [2.45, 2.75) is 35.0 Å². The molecule has 0 bridgehead atoms. The fraction of sp³-hybridized carbons (Fsp3) is 0.100. The molecule has 4 heteroatoms. The van der Waals surface area contributed by atoms with Crippen molar-refractivity contribution in [3.05, 3.63) is 185 Å². The van der Waals surface area contributed by atoms with Crippen molar-refractivity contribution in [1.29, 1.82) is 0 Å². The zero-order valence-electron chi connectivity index (χ0n) is 29.4. The Labute approximate surface area is 323 Å². The van der Waals surface area contributed by atoms with Gasteiger partial charge < -0.3 is 0 Å². The summed E-state index contributed by atoms with van der Waals surface area (Å²) in [5.74, 6) is 1.28. The zero-order chi connectivity index (χ0) is 35.6. The molecule has 11 rings (SSSR count). The van der Waals surface area contributed by atoms with Gasteiger partial charge in [0.15, 0.2) is 0 Å². The average Bonchev–Trinajstić information content (AvgIpc) is 3.83. The number of fused-ring (bicyclic) bond motifs is 8. The van der Waals surface area contributed by atoms with E-state index in [2.05, 4.69) is 170 Å². The van der Waals surface area contributed by atoms with Crippen LogP contribution in [-0.2, 0) is 0 Å². The highest BCUT2D eigenvalue weighted by Crippen LogP contribution is 2.53. The van der Waals surface area contributed by atoms with E-state index in [1.54, 1.807) is 0 Å². The van der Waals surface area contributed by atoms with E-state index in [0.717, 1.165) is 34.9 Å². The van der Waals surface area contributed by atoms with Crippen molar-refractivity contribution < 1.29 is 0 Å². The minimum absolute atomic E-state index is 0.0641. The van der Waals surface area contributed by atoms with Crippen LogP contribution in [0.3, 0.4) is 0 Å². The number of hydrogen-bond donors (Lipinski definition) is 0. The Hall–Kier alpha value is -5.77.